The highest BCUT2D eigenvalue weighted by Gasteiger charge is 2.47. The average Bonchev–Trinajstić information content (AvgIpc) is 3.15. The molecule has 0 bridgehead atoms. The molecule has 3 heterocycles. The largest absolute Gasteiger partial charge is 0.542 e. The summed E-state index contributed by atoms with van der Waals surface area (Å²) in [6.45, 7) is 6.33. The maximum absolute atomic E-state index is 14.2. The van der Waals surface area contributed by atoms with E-state index in [0.29, 0.717) is 30.8 Å². The van der Waals surface area contributed by atoms with E-state index in [1.165, 1.54) is 12.1 Å². The molecule has 59 heavy (non-hydrogen) atoms. The molecular weight excluding hydrogens is 840 g/mol. The monoisotopic (exact) mass is 890 g/mol. The van der Waals surface area contributed by atoms with Gasteiger partial charge in [-0.25, -0.2) is 13.4 Å². The van der Waals surface area contributed by atoms with Gasteiger partial charge in [0.25, 0.3) is 0 Å². The molecule has 2 fully saturated rings. The number of aromatic nitrogens is 1. The molecular formula is C39H51Cl2F3N6O8S. The number of aryl methyl sites for hydroxylation is 2. The summed E-state index contributed by atoms with van der Waals surface area (Å²) in [5.41, 5.74) is 7.66. The number of aliphatic carboxylic acids is 1. The standard InChI is InChI=1S/C37H51Cl2N6O6S.C2HF3O2/c1-25-23-26(2)41-34-27(25)9-8-11-31(34)51-24-28-29(38)12-13-32(33(28)39)52(48,49)42-37(14-21-50-22-15-37)36(47)44-18-16-43(17-19-44)35(46)30(40)10-6-7-20-45(3,4)5;3-2(4,5)1(6)7/h8-9,11-13,23,30,42H,6-7,10,14-22,24,40H2,1-5H3;(H,6,7)/q+1;/p-1/t30-;/m0./s1. The molecule has 0 spiro atoms. The Morgan fingerprint density at radius 3 is 2.24 bits per heavy atom. The van der Waals surface area contributed by atoms with Crippen LogP contribution in [-0.2, 0) is 35.8 Å². The first kappa shape index (κ1) is 47.9. The van der Waals surface area contributed by atoms with Crippen LogP contribution in [0.25, 0.3) is 10.9 Å². The van der Waals surface area contributed by atoms with Gasteiger partial charge in [-0.2, -0.15) is 17.9 Å². The second kappa shape index (κ2) is 19.7. The van der Waals surface area contributed by atoms with Gasteiger partial charge in [0.15, 0.2) is 0 Å². The van der Waals surface area contributed by atoms with Crippen LogP contribution in [0.2, 0.25) is 10.0 Å². The first-order chi connectivity index (χ1) is 27.5. The number of sulfonamides is 1. The second-order valence-corrected chi connectivity index (χ2v) is 18.1. The van der Waals surface area contributed by atoms with Gasteiger partial charge in [0.2, 0.25) is 21.8 Å². The number of hydrogen-bond acceptors (Lipinski definition) is 10. The zero-order valence-corrected chi connectivity index (χ0v) is 36.0. The smallest absolute Gasteiger partial charge is 0.430 e. The molecule has 2 saturated heterocycles. The fraction of sp³-hybridized carbons (Fsp3) is 0.538. The molecule has 2 amide bonds. The molecule has 5 rings (SSSR count). The van der Waals surface area contributed by atoms with E-state index in [4.69, 9.17) is 48.3 Å². The zero-order chi connectivity index (χ0) is 43.9. The van der Waals surface area contributed by atoms with Crippen molar-refractivity contribution in [2.24, 2.45) is 5.73 Å². The number of halogens is 5. The number of benzene rings is 2. The number of pyridine rings is 1. The number of nitrogens with one attached hydrogen (secondary N) is 1. The number of rotatable bonds is 13. The van der Waals surface area contributed by atoms with Crippen molar-refractivity contribution in [3.63, 3.8) is 0 Å². The summed E-state index contributed by atoms with van der Waals surface area (Å²) in [5, 5.41) is 9.85. The average molecular weight is 892 g/mol. The molecule has 1 aromatic heterocycles. The third-order valence-electron chi connectivity index (χ3n) is 10.1. The summed E-state index contributed by atoms with van der Waals surface area (Å²) in [6.07, 6.45) is -2.48. The first-order valence-electron chi connectivity index (χ1n) is 19.0. The Bertz CT molecular complexity index is 2110. The first-order valence-corrected chi connectivity index (χ1v) is 21.2. The van der Waals surface area contributed by atoms with E-state index in [9.17, 15) is 31.2 Å². The number of carbonyl (C=O) groups excluding carboxylic acids is 3. The quantitative estimate of drug-likeness (QED) is 0.189. The van der Waals surface area contributed by atoms with Crippen LogP contribution in [0.3, 0.4) is 0 Å². The molecule has 20 heteroatoms. The van der Waals surface area contributed by atoms with Crippen LogP contribution in [0.4, 0.5) is 13.2 Å². The van der Waals surface area contributed by atoms with Crippen molar-refractivity contribution in [2.75, 3.05) is 67.1 Å². The predicted octanol–water partition coefficient (Wildman–Crippen LogP) is 3.74. The lowest BCUT2D eigenvalue weighted by Gasteiger charge is -2.43. The van der Waals surface area contributed by atoms with Crippen molar-refractivity contribution in [3.05, 3.63) is 63.3 Å². The third kappa shape index (κ3) is 12.6. The summed E-state index contributed by atoms with van der Waals surface area (Å²) in [5.74, 6) is -2.99. The number of carboxylic acids is 1. The Morgan fingerprint density at radius 1 is 1.03 bits per heavy atom. The Balaban J connectivity index is 0.00000101. The van der Waals surface area contributed by atoms with Gasteiger partial charge in [-0.3, -0.25) is 9.59 Å². The van der Waals surface area contributed by atoms with E-state index in [1.54, 1.807) is 15.9 Å². The van der Waals surface area contributed by atoms with Gasteiger partial charge in [-0.05, 0) is 75.8 Å². The number of quaternary nitrogens is 1. The lowest BCUT2D eigenvalue weighted by molar-refractivity contribution is -0.870. The van der Waals surface area contributed by atoms with E-state index in [2.05, 4.69) is 30.8 Å². The number of para-hydroxylation sites is 1. The third-order valence-corrected chi connectivity index (χ3v) is 12.5. The van der Waals surface area contributed by atoms with Crippen molar-refractivity contribution < 1.29 is 55.0 Å². The van der Waals surface area contributed by atoms with E-state index in [0.717, 1.165) is 40.5 Å². The fourth-order valence-electron chi connectivity index (χ4n) is 6.87. The topological polar surface area (TPSA) is 184 Å². The highest BCUT2D eigenvalue weighted by atomic mass is 35.5. The van der Waals surface area contributed by atoms with Gasteiger partial charge in [0.1, 0.15) is 34.3 Å². The molecule has 0 aliphatic carbocycles. The van der Waals surface area contributed by atoms with Crippen LogP contribution in [0, 0.1) is 13.8 Å². The van der Waals surface area contributed by atoms with E-state index in [1.807, 2.05) is 32.0 Å². The number of carboxylic acid groups (broad SMARTS) is 1. The van der Waals surface area contributed by atoms with Gasteiger partial charge in [0.05, 0.1) is 38.8 Å². The van der Waals surface area contributed by atoms with Crippen molar-refractivity contribution in [2.45, 2.75) is 75.2 Å². The molecule has 2 aromatic carbocycles. The number of nitrogens with two attached hydrogens (primary N) is 1. The number of unbranched alkanes of at least 4 members (excludes halogenated alkanes) is 1. The molecule has 326 valence electrons. The number of alkyl halides is 3. The molecule has 2 aliphatic heterocycles. The van der Waals surface area contributed by atoms with Crippen molar-refractivity contribution >= 4 is 61.9 Å². The van der Waals surface area contributed by atoms with Crippen LogP contribution in [0.1, 0.15) is 48.9 Å². The number of piperazine rings is 1. The molecule has 0 saturated carbocycles. The minimum atomic E-state index is -5.19. The van der Waals surface area contributed by atoms with Crippen molar-refractivity contribution in [3.8, 4) is 5.75 Å². The van der Waals surface area contributed by atoms with Crippen molar-refractivity contribution in [1.82, 2.24) is 19.5 Å². The van der Waals surface area contributed by atoms with E-state index >= 15 is 0 Å². The highest BCUT2D eigenvalue weighted by Crippen LogP contribution is 2.35. The molecule has 2 aliphatic rings. The van der Waals surface area contributed by atoms with Gasteiger partial charge in [-0.15, -0.1) is 0 Å². The number of amides is 2. The summed E-state index contributed by atoms with van der Waals surface area (Å²) in [6, 6.07) is 9.79. The number of nitrogens with zero attached hydrogens (tertiary/aromatic N) is 4. The summed E-state index contributed by atoms with van der Waals surface area (Å²) in [7, 11) is 2.05. The lowest BCUT2D eigenvalue weighted by atomic mass is 9.89. The molecule has 0 unspecified atom stereocenters. The summed E-state index contributed by atoms with van der Waals surface area (Å²) >= 11 is 13.3. The van der Waals surface area contributed by atoms with Crippen LogP contribution in [0.15, 0.2) is 41.3 Å². The Hall–Kier alpha value is -3.78. The Morgan fingerprint density at radius 2 is 1.64 bits per heavy atom. The Kier molecular flexibility index (Phi) is 16.0. The highest BCUT2D eigenvalue weighted by molar-refractivity contribution is 7.89. The zero-order valence-electron chi connectivity index (χ0n) is 33.7. The van der Waals surface area contributed by atoms with E-state index in [-0.39, 0.29) is 78.1 Å². The molecule has 1 atom stereocenters. The second-order valence-electron chi connectivity index (χ2n) is 15.7. The van der Waals surface area contributed by atoms with Gasteiger partial charge >= 0.3 is 6.18 Å². The summed E-state index contributed by atoms with van der Waals surface area (Å²) in [4.78, 5) is 43.9. The Labute approximate surface area is 352 Å². The maximum Gasteiger partial charge on any atom is 0.430 e. The number of hydrogen-bond donors (Lipinski definition) is 2. The minimum Gasteiger partial charge on any atom is -0.542 e. The van der Waals surface area contributed by atoms with Crippen molar-refractivity contribution in [1.29, 1.82) is 0 Å². The van der Waals surface area contributed by atoms with Gasteiger partial charge in [0, 0.05) is 61.1 Å². The summed E-state index contributed by atoms with van der Waals surface area (Å²) < 4.78 is 75.1. The minimum absolute atomic E-state index is 0.101. The predicted molar refractivity (Wildman–Crippen MR) is 214 cm³/mol. The van der Waals surface area contributed by atoms with Crippen LogP contribution in [-0.4, -0.2) is 130 Å². The van der Waals surface area contributed by atoms with E-state index < -0.39 is 33.7 Å². The SMILES string of the molecule is Cc1cc(C)c2cccc(OCc3c(Cl)ccc(S(=O)(=O)NC4(C(=O)N5CCN(C(=O)[C@@H](N)CCCC[N+](C)(C)C)CC5)CCOCC4)c3Cl)c2n1.O=C([O-])C(F)(F)F. The van der Waals surface area contributed by atoms with Crippen LogP contribution < -0.4 is 20.3 Å². The van der Waals surface area contributed by atoms with Crippen LogP contribution >= 0.6 is 23.2 Å². The molecule has 3 aromatic rings. The van der Waals surface area contributed by atoms with Gasteiger partial charge in [-0.1, -0.05) is 35.3 Å². The number of carbonyl (C=O) groups is 3. The molecule has 3 N–H and O–H groups in total. The number of ether oxygens (including phenoxy) is 2. The normalized spacial score (nSPS) is 16.6. The van der Waals surface area contributed by atoms with Gasteiger partial charge < -0.3 is 39.4 Å². The fourth-order valence-corrected chi connectivity index (χ4v) is 9.18. The number of fused-ring (bicyclic) bond motifs is 1. The maximum atomic E-state index is 14.2. The molecule has 14 nitrogen and oxygen atoms in total. The lowest BCUT2D eigenvalue weighted by Crippen LogP contribution is -2.64. The molecule has 0 radical (unpaired) electrons. The van der Waals surface area contributed by atoms with Crippen LogP contribution in [0.5, 0.6) is 5.75 Å².